The van der Waals surface area contributed by atoms with Crippen molar-refractivity contribution >= 4 is 97.5 Å². The van der Waals surface area contributed by atoms with Gasteiger partial charge in [-0.1, -0.05) is 79.4 Å². The normalized spacial score (nSPS) is 10.4. The number of ether oxygens (including phenoxy) is 1. The maximum absolute atomic E-state index is 12.1. The Morgan fingerprint density at radius 2 is 0.872 bits per heavy atom. The molecular formula is C64H57BrIN19O9. The molecule has 0 spiro atoms. The molecule has 28 nitrogen and oxygen atoms in total. The van der Waals surface area contributed by atoms with Gasteiger partial charge in [-0.15, -0.1) is 20.4 Å². The number of esters is 1. The molecule has 3 amide bonds. The van der Waals surface area contributed by atoms with Gasteiger partial charge < -0.3 is 56.3 Å². The predicted molar refractivity (Wildman–Crippen MR) is 362 cm³/mol. The van der Waals surface area contributed by atoms with Crippen LogP contribution in [0.15, 0.2) is 166 Å². The summed E-state index contributed by atoms with van der Waals surface area (Å²) in [5.41, 5.74) is 31.1. The van der Waals surface area contributed by atoms with Crippen molar-refractivity contribution in [1.82, 2.24) is 75.0 Å². The highest BCUT2D eigenvalue weighted by Gasteiger charge is 2.22. The minimum atomic E-state index is -1.23. The van der Waals surface area contributed by atoms with Gasteiger partial charge in [-0.05, 0) is 98.7 Å². The molecule has 0 unspecified atom stereocenters. The summed E-state index contributed by atoms with van der Waals surface area (Å²) in [6, 6.07) is 36.1. The van der Waals surface area contributed by atoms with Gasteiger partial charge in [0.1, 0.15) is 4.60 Å². The number of benzene rings is 5. The van der Waals surface area contributed by atoms with E-state index in [1.165, 1.54) is 34.2 Å². The van der Waals surface area contributed by atoms with E-state index in [-0.39, 0.29) is 64.2 Å². The van der Waals surface area contributed by atoms with Crippen LogP contribution in [0.25, 0.3) is 85.9 Å². The van der Waals surface area contributed by atoms with E-state index in [9.17, 15) is 24.0 Å². The highest BCUT2D eigenvalue weighted by atomic mass is 127. The van der Waals surface area contributed by atoms with Crippen molar-refractivity contribution in [2.45, 2.75) is 0 Å². The fourth-order valence-electron chi connectivity index (χ4n) is 8.19. The lowest BCUT2D eigenvalue weighted by Gasteiger charge is -2.10. The summed E-state index contributed by atoms with van der Waals surface area (Å²) in [7, 11) is 11.4. The minimum absolute atomic E-state index is 0.0203. The lowest BCUT2D eigenvalue weighted by Crippen LogP contribution is -2.21. The van der Waals surface area contributed by atoms with Gasteiger partial charge in [-0.3, -0.25) is 14.4 Å². The molecule has 6 heterocycles. The molecule has 5 aromatic carbocycles. The van der Waals surface area contributed by atoms with Crippen LogP contribution in [-0.4, -0.2) is 159 Å². The van der Waals surface area contributed by atoms with E-state index in [1.807, 2.05) is 60.7 Å². The molecule has 0 bridgehead atoms. The van der Waals surface area contributed by atoms with Gasteiger partial charge in [-0.25, -0.2) is 49.5 Å². The summed E-state index contributed by atoms with van der Waals surface area (Å²) >= 11 is 5.27. The average molecular weight is 1440 g/mol. The summed E-state index contributed by atoms with van der Waals surface area (Å²) in [5.74, 6) is -0.720. The summed E-state index contributed by atoms with van der Waals surface area (Å²) in [6.07, 6.45) is 7.65. The van der Waals surface area contributed by atoms with E-state index >= 15 is 0 Å². The van der Waals surface area contributed by atoms with Gasteiger partial charge in [0.2, 0.25) is 11.8 Å². The Morgan fingerprint density at radius 3 is 1.29 bits per heavy atom. The first-order chi connectivity index (χ1) is 45.0. The first-order valence-electron chi connectivity index (χ1n) is 27.5. The van der Waals surface area contributed by atoms with Crippen LogP contribution >= 0.6 is 38.5 Å². The van der Waals surface area contributed by atoms with Crippen LogP contribution in [0.2, 0.25) is 0 Å². The number of carbonyl (C=O) groups excluding carboxylic acids is 4. The fraction of sp³-hybridized carbons (Fsp3) is 0.109. The minimum Gasteiger partial charge on any atom is -0.476 e. The van der Waals surface area contributed by atoms with Crippen molar-refractivity contribution in [2.75, 3.05) is 72.3 Å². The number of carboxylic acid groups (broad SMARTS) is 1. The van der Waals surface area contributed by atoms with Crippen molar-refractivity contribution < 1.29 is 42.7 Å². The van der Waals surface area contributed by atoms with Crippen LogP contribution in [0.4, 0.5) is 23.3 Å². The number of aromatic nitrogens is 12. The molecular weight excluding hydrogens is 1390 g/mol. The van der Waals surface area contributed by atoms with Gasteiger partial charge in [0.15, 0.2) is 46.0 Å². The number of nitrogen functional groups attached to an aromatic ring is 4. The summed E-state index contributed by atoms with van der Waals surface area (Å²) in [5, 5.41) is 25.5. The Hall–Kier alpha value is -11.8. The van der Waals surface area contributed by atoms with Crippen molar-refractivity contribution in [3.63, 3.8) is 0 Å². The summed E-state index contributed by atoms with van der Waals surface area (Å²) in [6.45, 7) is 3.81. The molecule has 30 heteroatoms. The zero-order valence-corrected chi connectivity index (χ0v) is 54.9. The summed E-state index contributed by atoms with van der Waals surface area (Å²) in [4.78, 5) is 95.3. The SMILES string of the molecule is C=Cc1ccccc1-c1nnc(-c2nc(-c3ccc(C(=O)N(C)C)cc3)cnc2N)o1.CN(C)C(=O)c1ccc(-c2cnc(N)c(-c3nnc(-c4ccccc4I)o3)n2)cc1.CN(C)C(=O)c1ccc(-c2cnc(N)c(C(=O)O)n2)cc1.COC(=O)c1nc(Br)cnc1N. The van der Waals surface area contributed by atoms with Gasteiger partial charge in [0, 0.05) is 84.8 Å². The van der Waals surface area contributed by atoms with Crippen LogP contribution in [0, 0.1) is 3.57 Å². The van der Waals surface area contributed by atoms with E-state index in [1.54, 1.807) is 121 Å². The molecule has 6 aromatic heterocycles. The number of carboxylic acids is 1. The van der Waals surface area contributed by atoms with Crippen molar-refractivity contribution in [3.05, 3.63) is 195 Å². The molecule has 476 valence electrons. The average Bonchev–Trinajstić information content (AvgIpc) is 1.51. The number of methoxy groups -OCH3 is 1. The van der Waals surface area contributed by atoms with Gasteiger partial charge in [-0.2, -0.15) is 0 Å². The van der Waals surface area contributed by atoms with E-state index in [4.69, 9.17) is 36.9 Å². The number of aromatic carboxylic acids is 1. The number of anilines is 4. The maximum atomic E-state index is 12.1. The number of halogens is 2. The standard InChI is InChI=1S/C23H20N6O2.C21H17IN6O2.C14H14N4O3.C6H6BrN3O2/c1-4-14-7-5-6-8-17(14)21-27-28-22(31-21)19-20(24)25-13-18(26-19)15-9-11-16(12-10-15)23(30)29(2)3;1-28(2)21(29)13-9-7-12(8-10-13)16-11-24-18(23)17(25-16)20-27-26-19(30-20)14-5-3-4-6-15(14)22;1-18(2)13(19)9-5-3-8(4-6-9)10-7-16-12(15)11(17-10)14(20)21;1-12-6(11)4-5(8)9-2-3(7)10-4/h4-13H,1H2,2-3H3,(H2,24,25);3-11H,1-2H3,(H2,23,24);3-7H,1-2H3,(H2,15,16)(H,20,21);2H,1H3,(H2,8,9). The molecule has 11 rings (SSSR count). The number of rotatable bonds is 13. The molecule has 0 aliphatic heterocycles. The second-order valence-corrected chi connectivity index (χ2v) is 22.1. The Kier molecular flexibility index (Phi) is 22.3. The Morgan fingerprint density at radius 1 is 0.500 bits per heavy atom. The second-order valence-electron chi connectivity index (χ2n) is 20.1. The van der Waals surface area contributed by atoms with Crippen LogP contribution < -0.4 is 22.9 Å². The van der Waals surface area contributed by atoms with Gasteiger partial charge in [0.25, 0.3) is 29.5 Å². The summed E-state index contributed by atoms with van der Waals surface area (Å²) < 4.78 is 17.5. The number of amides is 3. The van der Waals surface area contributed by atoms with E-state index in [0.717, 1.165) is 31.4 Å². The zero-order chi connectivity index (χ0) is 67.9. The van der Waals surface area contributed by atoms with Crippen molar-refractivity contribution in [2.24, 2.45) is 0 Å². The lowest BCUT2D eigenvalue weighted by molar-refractivity contribution is 0.0593. The molecule has 0 radical (unpaired) electrons. The first kappa shape index (κ1) is 68.1. The molecule has 0 saturated heterocycles. The third-order valence-electron chi connectivity index (χ3n) is 13.0. The maximum Gasteiger partial charge on any atom is 0.360 e. The number of hydrogen-bond donors (Lipinski definition) is 5. The molecule has 0 fully saturated rings. The fourth-order valence-corrected chi connectivity index (χ4v) is 9.09. The van der Waals surface area contributed by atoms with Gasteiger partial charge in [0.05, 0.1) is 54.5 Å². The lowest BCUT2D eigenvalue weighted by atomic mass is 10.1. The largest absolute Gasteiger partial charge is 0.476 e. The first-order valence-corrected chi connectivity index (χ1v) is 29.4. The highest BCUT2D eigenvalue weighted by Crippen LogP contribution is 2.32. The molecule has 94 heavy (non-hydrogen) atoms. The topological polar surface area (TPSA) is 410 Å². The van der Waals surface area contributed by atoms with E-state index in [2.05, 4.69) is 110 Å². The Bertz CT molecular complexity index is 4590. The number of carbonyl (C=O) groups is 5. The van der Waals surface area contributed by atoms with Crippen LogP contribution in [0.1, 0.15) is 57.6 Å². The van der Waals surface area contributed by atoms with Crippen molar-refractivity contribution in [3.8, 4) is 79.8 Å². The zero-order valence-electron chi connectivity index (χ0n) is 51.1. The Labute approximate surface area is 558 Å². The second kappa shape index (κ2) is 30.8. The number of nitrogens with zero attached hydrogens (tertiary/aromatic N) is 15. The monoisotopic (exact) mass is 1440 g/mol. The number of nitrogens with two attached hydrogens (primary N) is 4. The predicted octanol–water partition coefficient (Wildman–Crippen LogP) is 9.27. The Balaban J connectivity index is 0.000000169. The quantitative estimate of drug-likeness (QED) is 0.0530. The smallest absolute Gasteiger partial charge is 0.360 e. The van der Waals surface area contributed by atoms with Crippen LogP contribution in [0.3, 0.4) is 0 Å². The highest BCUT2D eigenvalue weighted by molar-refractivity contribution is 14.1. The third-order valence-corrected chi connectivity index (χ3v) is 14.3. The molecule has 0 atom stereocenters. The van der Waals surface area contributed by atoms with E-state index < -0.39 is 11.9 Å². The van der Waals surface area contributed by atoms with Crippen molar-refractivity contribution in [1.29, 1.82) is 0 Å². The molecule has 0 saturated carbocycles. The molecule has 0 aliphatic rings. The molecule has 11 aromatic rings. The molecule has 0 aliphatic carbocycles. The third kappa shape index (κ3) is 16.6. The van der Waals surface area contributed by atoms with E-state index in [0.29, 0.717) is 67.1 Å². The number of hydrogen-bond acceptors (Lipinski definition) is 24. The van der Waals surface area contributed by atoms with Crippen LogP contribution in [-0.2, 0) is 4.74 Å². The molecule has 9 N–H and O–H groups in total. The van der Waals surface area contributed by atoms with Crippen LogP contribution in [0.5, 0.6) is 0 Å². The van der Waals surface area contributed by atoms with Gasteiger partial charge >= 0.3 is 11.9 Å².